The maximum atomic E-state index is 13.7. The number of rotatable bonds is 4. The zero-order valence-electron chi connectivity index (χ0n) is 19.9. The van der Waals surface area contributed by atoms with Crippen molar-refractivity contribution in [3.63, 3.8) is 0 Å². The van der Waals surface area contributed by atoms with E-state index in [9.17, 15) is 14.0 Å². The van der Waals surface area contributed by atoms with Gasteiger partial charge >= 0.3 is 12.1 Å². The predicted octanol–water partition coefficient (Wildman–Crippen LogP) is 6.23. The van der Waals surface area contributed by atoms with Gasteiger partial charge in [-0.2, -0.15) is 0 Å². The Kier molecular flexibility index (Phi) is 7.11. The fraction of sp³-hybridized carbons (Fsp3) is 0.259. The lowest BCUT2D eigenvalue weighted by Gasteiger charge is -2.43. The number of hydrogen-bond acceptors (Lipinski definition) is 4. The van der Waals surface area contributed by atoms with Crippen LogP contribution in [-0.2, 0) is 16.8 Å². The van der Waals surface area contributed by atoms with Crippen LogP contribution >= 0.6 is 27.5 Å². The van der Waals surface area contributed by atoms with Crippen molar-refractivity contribution in [2.75, 3.05) is 29.5 Å². The van der Waals surface area contributed by atoms with E-state index in [0.29, 0.717) is 38.2 Å². The van der Waals surface area contributed by atoms with E-state index < -0.39 is 17.9 Å². The van der Waals surface area contributed by atoms with Gasteiger partial charge in [0.25, 0.3) is 0 Å². The third-order valence-corrected chi connectivity index (χ3v) is 7.83. The summed E-state index contributed by atoms with van der Waals surface area (Å²) in [6.45, 7) is 1.66. The first kappa shape index (κ1) is 25.5. The van der Waals surface area contributed by atoms with Crippen LogP contribution in [0.25, 0.3) is 0 Å². The van der Waals surface area contributed by atoms with E-state index in [4.69, 9.17) is 22.1 Å². The summed E-state index contributed by atoms with van der Waals surface area (Å²) >= 11 is 9.48. The number of halogens is 3. The standard InChI is InChI=1S/C27H25BrClFN4O3/c28-19-6-8-21-24(14-19)33(26(36)37-16-18-4-2-1-3-5-18)17-27(21)10-12-32(13-11-27)34(25(31)35)20-7-9-23(30)22(29)15-20/h1-9,14-15H,10-13,16-17H2,(H2,31,35). The van der Waals surface area contributed by atoms with Crippen molar-refractivity contribution in [1.82, 2.24) is 5.01 Å². The van der Waals surface area contributed by atoms with Crippen LogP contribution in [0.5, 0.6) is 0 Å². The van der Waals surface area contributed by atoms with Crippen LogP contribution in [0.15, 0.2) is 71.2 Å². The maximum absolute atomic E-state index is 13.7. The smallest absolute Gasteiger partial charge is 0.414 e. The third kappa shape index (κ3) is 5.03. The summed E-state index contributed by atoms with van der Waals surface area (Å²) in [5, 5.41) is 3.09. The van der Waals surface area contributed by atoms with E-state index >= 15 is 0 Å². The number of carbonyl (C=O) groups excluding carboxylic acids is 2. The molecular weight excluding hydrogens is 563 g/mol. The zero-order chi connectivity index (χ0) is 26.2. The SMILES string of the molecule is NC(=O)N(c1ccc(F)c(Cl)c1)N1CCC2(CC1)CN(C(=O)OCc1ccccc1)c1cc(Br)ccc12. The second-order valence-electron chi connectivity index (χ2n) is 9.27. The number of carbonyl (C=O) groups is 2. The van der Waals surface area contributed by atoms with Gasteiger partial charge in [-0.1, -0.05) is 63.9 Å². The van der Waals surface area contributed by atoms with Crippen molar-refractivity contribution in [3.05, 3.63) is 93.2 Å². The Hall–Kier alpha value is -3.14. The number of nitrogens with zero attached hydrogens (tertiary/aromatic N) is 3. The zero-order valence-corrected chi connectivity index (χ0v) is 22.2. The van der Waals surface area contributed by atoms with E-state index in [1.807, 2.05) is 53.5 Å². The lowest BCUT2D eigenvalue weighted by atomic mass is 9.74. The number of primary amides is 1. The number of hydrogen-bond donors (Lipinski definition) is 1. The van der Waals surface area contributed by atoms with Gasteiger partial charge in [0.2, 0.25) is 0 Å². The van der Waals surface area contributed by atoms with E-state index in [1.54, 1.807) is 4.90 Å². The van der Waals surface area contributed by atoms with Crippen molar-refractivity contribution in [2.24, 2.45) is 5.73 Å². The van der Waals surface area contributed by atoms with Crippen LogP contribution in [0.3, 0.4) is 0 Å². The molecule has 0 aliphatic carbocycles. The molecule has 10 heteroatoms. The molecule has 1 fully saturated rings. The van der Waals surface area contributed by atoms with Gasteiger partial charge in [-0.05, 0) is 54.3 Å². The molecule has 0 bridgehead atoms. The Morgan fingerprint density at radius 1 is 1.08 bits per heavy atom. The topological polar surface area (TPSA) is 79.1 Å². The number of fused-ring (bicyclic) bond motifs is 2. The molecule has 0 atom stereocenters. The molecule has 37 heavy (non-hydrogen) atoms. The summed E-state index contributed by atoms with van der Waals surface area (Å²) in [7, 11) is 0. The van der Waals surface area contributed by atoms with Gasteiger partial charge in [0.15, 0.2) is 0 Å². The molecule has 2 aliphatic heterocycles. The molecule has 0 aromatic heterocycles. The Balaban J connectivity index is 1.35. The highest BCUT2D eigenvalue weighted by molar-refractivity contribution is 9.10. The normalized spacial score (nSPS) is 16.5. The molecule has 7 nitrogen and oxygen atoms in total. The molecule has 3 aromatic carbocycles. The summed E-state index contributed by atoms with van der Waals surface area (Å²) in [5.74, 6) is -0.569. The molecule has 3 aromatic rings. The van der Waals surface area contributed by atoms with Crippen LogP contribution in [0.4, 0.5) is 25.4 Å². The molecule has 192 valence electrons. The van der Waals surface area contributed by atoms with Crippen molar-refractivity contribution >= 4 is 51.0 Å². The minimum atomic E-state index is -0.680. The van der Waals surface area contributed by atoms with E-state index in [1.165, 1.54) is 23.2 Å². The fourth-order valence-corrected chi connectivity index (χ4v) is 5.73. The predicted molar refractivity (Wildman–Crippen MR) is 144 cm³/mol. The molecule has 2 heterocycles. The monoisotopic (exact) mass is 586 g/mol. The van der Waals surface area contributed by atoms with Crippen molar-refractivity contribution in [2.45, 2.75) is 24.9 Å². The molecule has 0 unspecified atom stereocenters. The van der Waals surface area contributed by atoms with Gasteiger partial charge in [-0.15, -0.1) is 0 Å². The maximum Gasteiger partial charge on any atom is 0.414 e. The third-order valence-electron chi connectivity index (χ3n) is 7.04. The molecule has 2 N–H and O–H groups in total. The van der Waals surface area contributed by atoms with Gasteiger partial charge in [-0.3, -0.25) is 4.90 Å². The summed E-state index contributed by atoms with van der Waals surface area (Å²) in [5.41, 5.74) is 8.60. The molecule has 5 rings (SSSR count). The average Bonchev–Trinajstić information content (AvgIpc) is 3.19. The number of anilines is 2. The second kappa shape index (κ2) is 10.3. The van der Waals surface area contributed by atoms with E-state index in [0.717, 1.165) is 21.3 Å². The van der Waals surface area contributed by atoms with Crippen LogP contribution in [0.2, 0.25) is 5.02 Å². The Morgan fingerprint density at radius 3 is 2.49 bits per heavy atom. The van der Waals surface area contributed by atoms with Crippen molar-refractivity contribution in [3.8, 4) is 0 Å². The highest BCUT2D eigenvalue weighted by Crippen LogP contribution is 2.48. The largest absolute Gasteiger partial charge is 0.444 e. The first-order chi connectivity index (χ1) is 17.8. The van der Waals surface area contributed by atoms with Crippen LogP contribution in [-0.4, -0.2) is 36.8 Å². The summed E-state index contributed by atoms with van der Waals surface area (Å²) in [6, 6.07) is 18.9. The van der Waals surface area contributed by atoms with Gasteiger partial charge < -0.3 is 10.5 Å². The Bertz CT molecular complexity index is 1330. The quantitative estimate of drug-likeness (QED) is 0.392. The number of benzene rings is 3. The summed E-state index contributed by atoms with van der Waals surface area (Å²) in [4.78, 5) is 27.3. The molecule has 0 saturated carbocycles. The second-order valence-corrected chi connectivity index (χ2v) is 10.6. The summed E-state index contributed by atoms with van der Waals surface area (Å²) in [6.07, 6.45) is 0.938. The van der Waals surface area contributed by atoms with Crippen LogP contribution in [0.1, 0.15) is 24.0 Å². The minimum absolute atomic E-state index is 0.0859. The van der Waals surface area contributed by atoms with Gasteiger partial charge in [0.05, 0.1) is 16.4 Å². The number of urea groups is 1. The molecule has 0 radical (unpaired) electrons. The van der Waals surface area contributed by atoms with Crippen LogP contribution < -0.4 is 15.6 Å². The fourth-order valence-electron chi connectivity index (χ4n) is 5.21. The van der Waals surface area contributed by atoms with Gasteiger partial charge in [-0.25, -0.2) is 24.0 Å². The van der Waals surface area contributed by atoms with E-state index in [2.05, 4.69) is 15.9 Å². The molecular formula is C27H25BrClFN4O3. The van der Waals surface area contributed by atoms with Gasteiger partial charge in [0, 0.05) is 29.5 Å². The first-order valence-corrected chi connectivity index (χ1v) is 13.0. The molecule has 1 spiro atoms. The number of nitrogens with two attached hydrogens (primary N) is 1. The number of amides is 3. The molecule has 1 saturated heterocycles. The lowest BCUT2D eigenvalue weighted by Crippen LogP contribution is -2.55. The highest BCUT2D eigenvalue weighted by atomic mass is 79.9. The highest BCUT2D eigenvalue weighted by Gasteiger charge is 2.48. The number of hydrazine groups is 1. The van der Waals surface area contributed by atoms with Gasteiger partial charge in [0.1, 0.15) is 12.4 Å². The summed E-state index contributed by atoms with van der Waals surface area (Å²) < 4.78 is 20.2. The average molecular weight is 588 g/mol. The van der Waals surface area contributed by atoms with Crippen LogP contribution in [0, 0.1) is 5.82 Å². The molecule has 2 aliphatic rings. The number of ether oxygens (including phenoxy) is 1. The van der Waals surface area contributed by atoms with Crippen molar-refractivity contribution < 1.29 is 18.7 Å². The lowest BCUT2D eigenvalue weighted by molar-refractivity contribution is 0.138. The first-order valence-electron chi connectivity index (χ1n) is 11.9. The minimum Gasteiger partial charge on any atom is -0.444 e. The number of piperidine rings is 1. The van der Waals surface area contributed by atoms with E-state index in [-0.39, 0.29) is 17.0 Å². The van der Waals surface area contributed by atoms with Crippen molar-refractivity contribution in [1.29, 1.82) is 0 Å². The Labute approximate surface area is 227 Å². The molecule has 3 amide bonds. The Morgan fingerprint density at radius 2 is 1.81 bits per heavy atom.